The van der Waals surface area contributed by atoms with Gasteiger partial charge in [0.2, 0.25) is 11.8 Å². The van der Waals surface area contributed by atoms with Crippen LogP contribution in [0, 0.1) is 11.3 Å². The number of amides is 2. The third kappa shape index (κ3) is 4.45. The second kappa shape index (κ2) is 8.82. The number of pyridine rings is 1. The lowest BCUT2D eigenvalue weighted by Crippen LogP contribution is -2.54. The highest BCUT2D eigenvalue weighted by Gasteiger charge is 2.45. The molecule has 2 fully saturated rings. The molecular weight excluding hydrogens is 374 g/mol. The molecule has 1 aliphatic carbocycles. The SMILES string of the molecule is C=CCNC(=O)[C@@]1(Cc2cccc(-c3ccncc3)c2)CCCN(C(=O)C2CC2)C1. The van der Waals surface area contributed by atoms with Gasteiger partial charge in [-0.15, -0.1) is 6.58 Å². The lowest BCUT2D eigenvalue weighted by molar-refractivity contribution is -0.142. The summed E-state index contributed by atoms with van der Waals surface area (Å²) < 4.78 is 0. The summed E-state index contributed by atoms with van der Waals surface area (Å²) in [5.41, 5.74) is 2.71. The molecule has 2 aromatic rings. The van der Waals surface area contributed by atoms with Crippen LogP contribution < -0.4 is 5.32 Å². The van der Waals surface area contributed by atoms with Gasteiger partial charge in [0, 0.05) is 37.9 Å². The summed E-state index contributed by atoms with van der Waals surface area (Å²) in [6, 6.07) is 12.3. The predicted molar refractivity (Wildman–Crippen MR) is 118 cm³/mol. The molecule has 2 heterocycles. The number of likely N-dealkylation sites (tertiary alicyclic amines) is 1. The Morgan fingerprint density at radius 3 is 2.73 bits per heavy atom. The van der Waals surface area contributed by atoms with Crippen molar-refractivity contribution in [2.75, 3.05) is 19.6 Å². The third-order valence-electron chi connectivity index (χ3n) is 6.19. The zero-order valence-corrected chi connectivity index (χ0v) is 17.3. The van der Waals surface area contributed by atoms with E-state index < -0.39 is 5.41 Å². The van der Waals surface area contributed by atoms with E-state index >= 15 is 0 Å². The summed E-state index contributed by atoms with van der Waals surface area (Å²) in [6.07, 6.45) is 9.49. The Labute approximate surface area is 178 Å². The van der Waals surface area contributed by atoms with Gasteiger partial charge in [0.1, 0.15) is 0 Å². The van der Waals surface area contributed by atoms with Crippen LogP contribution in [0.5, 0.6) is 0 Å². The maximum absolute atomic E-state index is 13.3. The molecule has 1 N–H and O–H groups in total. The van der Waals surface area contributed by atoms with E-state index in [0.717, 1.165) is 48.9 Å². The first kappa shape index (κ1) is 20.3. The molecule has 0 radical (unpaired) electrons. The molecule has 1 aromatic heterocycles. The first-order chi connectivity index (χ1) is 14.6. The van der Waals surface area contributed by atoms with E-state index in [0.29, 0.717) is 19.5 Å². The number of rotatable bonds is 7. The molecule has 1 saturated heterocycles. The summed E-state index contributed by atoms with van der Waals surface area (Å²) in [5, 5.41) is 3.01. The molecule has 1 atom stereocenters. The number of nitrogens with zero attached hydrogens (tertiary/aromatic N) is 2. The van der Waals surface area contributed by atoms with E-state index in [4.69, 9.17) is 0 Å². The van der Waals surface area contributed by atoms with Crippen LogP contribution in [-0.2, 0) is 16.0 Å². The second-order valence-electron chi connectivity index (χ2n) is 8.53. The van der Waals surface area contributed by atoms with Crippen LogP contribution >= 0.6 is 0 Å². The fraction of sp³-hybridized carbons (Fsp3) is 0.400. The number of carbonyl (C=O) groups excluding carboxylic acids is 2. The Morgan fingerprint density at radius 1 is 1.20 bits per heavy atom. The average Bonchev–Trinajstić information content (AvgIpc) is 3.63. The summed E-state index contributed by atoms with van der Waals surface area (Å²) in [6.45, 7) is 5.40. The van der Waals surface area contributed by atoms with Gasteiger partial charge < -0.3 is 10.2 Å². The zero-order valence-electron chi connectivity index (χ0n) is 17.3. The van der Waals surface area contributed by atoms with Crippen molar-refractivity contribution in [3.8, 4) is 11.1 Å². The molecule has 2 aliphatic rings. The van der Waals surface area contributed by atoms with Crippen molar-refractivity contribution in [3.05, 3.63) is 67.0 Å². The minimum atomic E-state index is -0.608. The molecule has 2 amide bonds. The highest BCUT2D eigenvalue weighted by molar-refractivity contribution is 5.86. The highest BCUT2D eigenvalue weighted by Crippen LogP contribution is 2.38. The summed E-state index contributed by atoms with van der Waals surface area (Å²) in [7, 11) is 0. The summed E-state index contributed by atoms with van der Waals surface area (Å²) >= 11 is 0. The van der Waals surface area contributed by atoms with Crippen molar-refractivity contribution in [2.45, 2.75) is 32.1 Å². The number of hydrogen-bond acceptors (Lipinski definition) is 3. The predicted octanol–water partition coefficient (Wildman–Crippen LogP) is 3.61. The lowest BCUT2D eigenvalue weighted by atomic mass is 9.74. The van der Waals surface area contributed by atoms with Crippen molar-refractivity contribution in [1.29, 1.82) is 0 Å². The Hall–Kier alpha value is -2.95. The van der Waals surface area contributed by atoms with Gasteiger partial charge in [-0.2, -0.15) is 0 Å². The standard InChI is InChI=1S/C25H29N3O2/c1-2-12-27-24(30)25(11-4-15-28(18-25)23(29)21-7-8-21)17-19-5-3-6-22(16-19)20-9-13-26-14-10-20/h2-3,5-6,9-10,13-14,16,21H,1,4,7-8,11-12,15,17-18H2,(H,27,30)/t25-/m1/s1. The van der Waals surface area contributed by atoms with E-state index in [1.54, 1.807) is 18.5 Å². The van der Waals surface area contributed by atoms with Gasteiger partial charge in [-0.05, 0) is 60.9 Å². The van der Waals surface area contributed by atoms with Crippen LogP contribution in [0.1, 0.15) is 31.2 Å². The summed E-state index contributed by atoms with van der Waals surface area (Å²) in [5.74, 6) is 0.415. The molecule has 1 saturated carbocycles. The zero-order chi connectivity index (χ0) is 21.0. The highest BCUT2D eigenvalue weighted by atomic mass is 16.2. The minimum Gasteiger partial charge on any atom is -0.352 e. The molecule has 156 valence electrons. The van der Waals surface area contributed by atoms with E-state index in [1.165, 1.54) is 0 Å². The average molecular weight is 404 g/mol. The van der Waals surface area contributed by atoms with Crippen LogP contribution in [0.15, 0.2) is 61.4 Å². The second-order valence-corrected chi connectivity index (χ2v) is 8.53. The van der Waals surface area contributed by atoms with Gasteiger partial charge in [-0.25, -0.2) is 0 Å². The van der Waals surface area contributed by atoms with Crippen LogP contribution in [-0.4, -0.2) is 41.3 Å². The molecule has 5 heteroatoms. The van der Waals surface area contributed by atoms with Gasteiger partial charge in [-0.3, -0.25) is 14.6 Å². The molecule has 4 rings (SSSR count). The van der Waals surface area contributed by atoms with Crippen LogP contribution in [0.2, 0.25) is 0 Å². The number of aromatic nitrogens is 1. The first-order valence-electron chi connectivity index (χ1n) is 10.8. The molecular formula is C25H29N3O2. The molecule has 0 spiro atoms. The van der Waals surface area contributed by atoms with Gasteiger partial charge in [0.15, 0.2) is 0 Å². The number of nitrogens with one attached hydrogen (secondary N) is 1. The van der Waals surface area contributed by atoms with Crippen molar-refractivity contribution >= 4 is 11.8 Å². The normalized spacial score (nSPS) is 21.1. The van der Waals surface area contributed by atoms with E-state index in [9.17, 15) is 9.59 Å². The monoisotopic (exact) mass is 403 g/mol. The molecule has 0 unspecified atom stereocenters. The molecule has 1 aliphatic heterocycles. The quantitative estimate of drug-likeness (QED) is 0.719. The Morgan fingerprint density at radius 2 is 2.00 bits per heavy atom. The van der Waals surface area contributed by atoms with E-state index in [1.807, 2.05) is 23.1 Å². The number of piperidine rings is 1. The van der Waals surface area contributed by atoms with E-state index in [2.05, 4.69) is 35.1 Å². The largest absolute Gasteiger partial charge is 0.352 e. The third-order valence-corrected chi connectivity index (χ3v) is 6.19. The minimum absolute atomic E-state index is 0.0185. The van der Waals surface area contributed by atoms with Crippen LogP contribution in [0.4, 0.5) is 0 Å². The van der Waals surface area contributed by atoms with Gasteiger partial charge >= 0.3 is 0 Å². The van der Waals surface area contributed by atoms with Gasteiger partial charge in [-0.1, -0.05) is 30.3 Å². The van der Waals surface area contributed by atoms with Crippen molar-refractivity contribution in [2.24, 2.45) is 11.3 Å². The fourth-order valence-corrected chi connectivity index (χ4v) is 4.47. The molecule has 0 bridgehead atoms. The van der Waals surface area contributed by atoms with Crippen LogP contribution in [0.25, 0.3) is 11.1 Å². The first-order valence-corrected chi connectivity index (χ1v) is 10.8. The van der Waals surface area contributed by atoms with Gasteiger partial charge in [0.25, 0.3) is 0 Å². The van der Waals surface area contributed by atoms with Crippen molar-refractivity contribution in [1.82, 2.24) is 15.2 Å². The molecule has 5 nitrogen and oxygen atoms in total. The smallest absolute Gasteiger partial charge is 0.228 e. The Kier molecular flexibility index (Phi) is 5.98. The molecule has 30 heavy (non-hydrogen) atoms. The van der Waals surface area contributed by atoms with Crippen LogP contribution in [0.3, 0.4) is 0 Å². The summed E-state index contributed by atoms with van der Waals surface area (Å²) in [4.78, 5) is 32.1. The number of carbonyl (C=O) groups is 2. The Balaban J connectivity index is 1.61. The maximum atomic E-state index is 13.3. The number of benzene rings is 1. The Bertz CT molecular complexity index is 923. The maximum Gasteiger partial charge on any atom is 0.228 e. The lowest BCUT2D eigenvalue weighted by Gasteiger charge is -2.42. The van der Waals surface area contributed by atoms with Gasteiger partial charge in [0.05, 0.1) is 5.41 Å². The topological polar surface area (TPSA) is 62.3 Å². The van der Waals surface area contributed by atoms with E-state index in [-0.39, 0.29) is 17.7 Å². The van der Waals surface area contributed by atoms with Crippen molar-refractivity contribution < 1.29 is 9.59 Å². The van der Waals surface area contributed by atoms with Crippen molar-refractivity contribution in [3.63, 3.8) is 0 Å². The molecule has 1 aromatic carbocycles. The fourth-order valence-electron chi connectivity index (χ4n) is 4.47. The number of hydrogen-bond donors (Lipinski definition) is 1.